The van der Waals surface area contributed by atoms with Crippen molar-refractivity contribution in [2.24, 2.45) is 0 Å². The fraction of sp³-hybridized carbons (Fsp3) is 0.364. The second kappa shape index (κ2) is 10.0. The lowest BCUT2D eigenvalue weighted by Crippen LogP contribution is -2.46. The first kappa shape index (κ1) is 20.0. The molecule has 0 bridgehead atoms. The molecule has 0 saturated carbocycles. The van der Waals surface area contributed by atoms with Gasteiger partial charge < -0.3 is 15.4 Å². The fourth-order valence-corrected chi connectivity index (χ4v) is 3.40. The van der Waals surface area contributed by atoms with Crippen LogP contribution < -0.4 is 10.6 Å². The SMILES string of the molecule is COCc1cccc(C(=O)NC2CCN(CC(=O)Nc3ccccc3)CC2)c1. The number of benzene rings is 2. The van der Waals surface area contributed by atoms with Gasteiger partial charge in [0.1, 0.15) is 0 Å². The zero-order chi connectivity index (χ0) is 19.8. The van der Waals surface area contributed by atoms with Crippen LogP contribution in [0.1, 0.15) is 28.8 Å². The van der Waals surface area contributed by atoms with Crippen LogP contribution in [0.25, 0.3) is 0 Å². The van der Waals surface area contributed by atoms with Gasteiger partial charge in [-0.2, -0.15) is 0 Å². The Kier molecular flexibility index (Phi) is 7.17. The van der Waals surface area contributed by atoms with Gasteiger partial charge in [-0.3, -0.25) is 14.5 Å². The van der Waals surface area contributed by atoms with Crippen molar-refractivity contribution < 1.29 is 14.3 Å². The number of carbonyl (C=O) groups excluding carboxylic acids is 2. The molecule has 0 aliphatic carbocycles. The molecule has 2 N–H and O–H groups in total. The zero-order valence-electron chi connectivity index (χ0n) is 16.2. The van der Waals surface area contributed by atoms with Crippen LogP contribution in [0.5, 0.6) is 0 Å². The molecular formula is C22H27N3O3. The first-order chi connectivity index (χ1) is 13.6. The second-order valence-electron chi connectivity index (χ2n) is 7.07. The van der Waals surface area contributed by atoms with Crippen molar-refractivity contribution in [1.29, 1.82) is 0 Å². The molecule has 0 atom stereocenters. The smallest absolute Gasteiger partial charge is 0.251 e. The number of nitrogens with zero attached hydrogens (tertiary/aromatic N) is 1. The van der Waals surface area contributed by atoms with E-state index in [0.29, 0.717) is 18.7 Å². The van der Waals surface area contributed by atoms with E-state index in [-0.39, 0.29) is 17.9 Å². The number of anilines is 1. The zero-order valence-corrected chi connectivity index (χ0v) is 16.2. The average Bonchev–Trinajstić information content (AvgIpc) is 2.70. The Hall–Kier alpha value is -2.70. The van der Waals surface area contributed by atoms with Crippen molar-refractivity contribution in [2.45, 2.75) is 25.5 Å². The van der Waals surface area contributed by atoms with E-state index in [1.165, 1.54) is 0 Å². The van der Waals surface area contributed by atoms with Crippen LogP contribution in [0.15, 0.2) is 54.6 Å². The van der Waals surface area contributed by atoms with Crippen molar-refractivity contribution in [3.63, 3.8) is 0 Å². The van der Waals surface area contributed by atoms with E-state index in [4.69, 9.17) is 4.74 Å². The number of hydrogen-bond donors (Lipinski definition) is 2. The lowest BCUT2D eigenvalue weighted by molar-refractivity contribution is -0.117. The third kappa shape index (κ3) is 5.90. The predicted molar refractivity (Wildman–Crippen MR) is 109 cm³/mol. The van der Waals surface area contributed by atoms with Crippen molar-refractivity contribution in [3.8, 4) is 0 Å². The molecule has 1 aliphatic rings. The summed E-state index contributed by atoms with van der Waals surface area (Å²) in [6.07, 6.45) is 1.67. The molecule has 6 nitrogen and oxygen atoms in total. The van der Waals surface area contributed by atoms with Gasteiger partial charge in [0.2, 0.25) is 5.91 Å². The number of nitrogens with one attached hydrogen (secondary N) is 2. The maximum Gasteiger partial charge on any atom is 0.251 e. The van der Waals surface area contributed by atoms with Crippen molar-refractivity contribution in [3.05, 3.63) is 65.7 Å². The van der Waals surface area contributed by atoms with Gasteiger partial charge in [-0.1, -0.05) is 30.3 Å². The molecule has 0 spiro atoms. The van der Waals surface area contributed by atoms with Gasteiger partial charge in [0.15, 0.2) is 0 Å². The summed E-state index contributed by atoms with van der Waals surface area (Å²) in [6, 6.07) is 17.1. The number of ether oxygens (including phenoxy) is 1. The number of amides is 2. The maximum atomic E-state index is 12.5. The summed E-state index contributed by atoms with van der Waals surface area (Å²) in [5, 5.41) is 6.02. The van der Waals surface area contributed by atoms with E-state index in [0.717, 1.165) is 37.2 Å². The van der Waals surface area contributed by atoms with E-state index >= 15 is 0 Å². The Morgan fingerprint density at radius 3 is 2.54 bits per heavy atom. The van der Waals surface area contributed by atoms with Crippen LogP contribution in [0.2, 0.25) is 0 Å². The third-order valence-electron chi connectivity index (χ3n) is 4.85. The number of rotatable bonds is 7. The minimum Gasteiger partial charge on any atom is -0.380 e. The van der Waals surface area contributed by atoms with Gasteiger partial charge in [-0.15, -0.1) is 0 Å². The van der Waals surface area contributed by atoms with Gasteiger partial charge in [0.05, 0.1) is 13.2 Å². The molecule has 0 aromatic heterocycles. The number of para-hydroxylation sites is 1. The molecular weight excluding hydrogens is 354 g/mol. The van der Waals surface area contributed by atoms with Crippen molar-refractivity contribution in [1.82, 2.24) is 10.2 Å². The number of likely N-dealkylation sites (tertiary alicyclic amines) is 1. The Balaban J connectivity index is 1.43. The standard InChI is InChI=1S/C22H27N3O3/c1-28-16-17-6-5-7-18(14-17)22(27)24-20-10-12-25(13-11-20)15-21(26)23-19-8-3-2-4-9-19/h2-9,14,20H,10-13,15-16H2,1H3,(H,23,26)(H,24,27). The molecule has 2 aromatic rings. The Morgan fingerprint density at radius 2 is 1.82 bits per heavy atom. The first-order valence-corrected chi connectivity index (χ1v) is 9.60. The molecule has 0 radical (unpaired) electrons. The quantitative estimate of drug-likeness (QED) is 0.774. The van der Waals surface area contributed by atoms with Gasteiger partial charge in [0, 0.05) is 37.5 Å². The largest absolute Gasteiger partial charge is 0.380 e. The Labute approximate surface area is 165 Å². The van der Waals surface area contributed by atoms with Gasteiger partial charge in [0.25, 0.3) is 5.91 Å². The molecule has 2 amide bonds. The van der Waals surface area contributed by atoms with Crippen molar-refractivity contribution in [2.75, 3.05) is 32.1 Å². The summed E-state index contributed by atoms with van der Waals surface area (Å²) < 4.78 is 5.12. The highest BCUT2D eigenvalue weighted by Gasteiger charge is 2.22. The van der Waals surface area contributed by atoms with Gasteiger partial charge in [-0.05, 0) is 42.7 Å². The third-order valence-corrected chi connectivity index (χ3v) is 4.85. The van der Waals surface area contributed by atoms with E-state index in [2.05, 4.69) is 15.5 Å². The Bertz CT molecular complexity index is 787. The lowest BCUT2D eigenvalue weighted by Gasteiger charge is -2.31. The molecule has 1 fully saturated rings. The molecule has 1 aliphatic heterocycles. The van der Waals surface area contributed by atoms with Gasteiger partial charge >= 0.3 is 0 Å². The van der Waals surface area contributed by atoms with E-state index in [1.54, 1.807) is 7.11 Å². The van der Waals surface area contributed by atoms with Crippen LogP contribution in [-0.2, 0) is 16.1 Å². The summed E-state index contributed by atoms with van der Waals surface area (Å²) in [5.74, 6) is -0.0677. The molecule has 148 valence electrons. The van der Waals surface area contributed by atoms with E-state index in [9.17, 15) is 9.59 Å². The molecule has 1 saturated heterocycles. The van der Waals surface area contributed by atoms with Crippen LogP contribution in [0.3, 0.4) is 0 Å². The van der Waals surface area contributed by atoms with Crippen LogP contribution in [0.4, 0.5) is 5.69 Å². The summed E-state index contributed by atoms with van der Waals surface area (Å²) >= 11 is 0. The summed E-state index contributed by atoms with van der Waals surface area (Å²) in [7, 11) is 1.64. The highest BCUT2D eigenvalue weighted by atomic mass is 16.5. The van der Waals surface area contributed by atoms with Crippen LogP contribution in [0, 0.1) is 0 Å². The topological polar surface area (TPSA) is 70.7 Å². The molecule has 1 heterocycles. The number of piperidine rings is 1. The normalized spacial score (nSPS) is 15.2. The number of carbonyl (C=O) groups is 2. The lowest BCUT2D eigenvalue weighted by atomic mass is 10.0. The van der Waals surface area contributed by atoms with E-state index in [1.807, 2.05) is 54.6 Å². The van der Waals surface area contributed by atoms with Gasteiger partial charge in [-0.25, -0.2) is 0 Å². The minimum absolute atomic E-state index is 0.0105. The Morgan fingerprint density at radius 1 is 1.07 bits per heavy atom. The van der Waals surface area contributed by atoms with Crippen molar-refractivity contribution >= 4 is 17.5 Å². The van der Waals surface area contributed by atoms with E-state index < -0.39 is 0 Å². The molecule has 2 aromatic carbocycles. The average molecular weight is 381 g/mol. The van der Waals surface area contributed by atoms with Crippen LogP contribution >= 0.6 is 0 Å². The molecule has 3 rings (SSSR count). The monoisotopic (exact) mass is 381 g/mol. The maximum absolute atomic E-state index is 12.5. The first-order valence-electron chi connectivity index (χ1n) is 9.60. The predicted octanol–water partition coefficient (Wildman–Crippen LogP) is 2.67. The summed E-state index contributed by atoms with van der Waals surface area (Å²) in [4.78, 5) is 26.8. The summed E-state index contributed by atoms with van der Waals surface area (Å²) in [6.45, 7) is 2.44. The van der Waals surface area contributed by atoms with Crippen LogP contribution in [-0.4, -0.2) is 49.5 Å². The highest BCUT2D eigenvalue weighted by Crippen LogP contribution is 2.13. The molecule has 28 heavy (non-hydrogen) atoms. The minimum atomic E-state index is -0.0572. The highest BCUT2D eigenvalue weighted by molar-refractivity contribution is 5.94. The fourth-order valence-electron chi connectivity index (χ4n) is 3.40. The second-order valence-corrected chi connectivity index (χ2v) is 7.07. The number of methoxy groups -OCH3 is 1. The summed E-state index contributed by atoms with van der Waals surface area (Å²) in [5.41, 5.74) is 2.44. The molecule has 6 heteroatoms. The molecule has 0 unspecified atom stereocenters. The number of hydrogen-bond acceptors (Lipinski definition) is 4.